The maximum Gasteiger partial charge on any atom is 0.223 e. The molecule has 4 nitrogen and oxygen atoms in total. The van der Waals surface area contributed by atoms with Gasteiger partial charge in [0.25, 0.3) is 0 Å². The molecule has 2 heterocycles. The summed E-state index contributed by atoms with van der Waals surface area (Å²) in [4.78, 5) is 16.2. The van der Waals surface area contributed by atoms with Gasteiger partial charge in [-0.3, -0.25) is 4.79 Å². The van der Waals surface area contributed by atoms with E-state index in [9.17, 15) is 9.18 Å². The van der Waals surface area contributed by atoms with Gasteiger partial charge in [0.15, 0.2) is 0 Å². The molecule has 0 unspecified atom stereocenters. The lowest BCUT2D eigenvalue weighted by Crippen LogP contribution is -3.28. The zero-order valence-corrected chi connectivity index (χ0v) is 17.2. The Hall–Kier alpha value is -1.60. The molecule has 0 aliphatic carbocycles. The monoisotopic (exact) mass is 421 g/mol. The lowest BCUT2D eigenvalue weighted by molar-refractivity contribution is -1.03. The zero-order valence-electron chi connectivity index (χ0n) is 15.6. The highest BCUT2D eigenvalue weighted by molar-refractivity contribution is 7.99. The summed E-state index contributed by atoms with van der Waals surface area (Å²) >= 11 is 7.90. The van der Waals surface area contributed by atoms with Gasteiger partial charge in [0, 0.05) is 26.8 Å². The first kappa shape index (κ1) is 19.7. The molecule has 1 atom stereocenters. The van der Waals surface area contributed by atoms with Crippen molar-refractivity contribution in [2.24, 2.45) is 5.73 Å². The third-order valence-electron chi connectivity index (χ3n) is 5.83. The van der Waals surface area contributed by atoms with Crippen molar-refractivity contribution in [3.8, 4) is 0 Å². The molecule has 28 heavy (non-hydrogen) atoms. The number of halogens is 2. The Balaban J connectivity index is 1.58. The summed E-state index contributed by atoms with van der Waals surface area (Å²) in [6, 6.07) is 11.5. The predicted octanol–water partition coefficient (Wildman–Crippen LogP) is 0.886. The molecule has 7 heteroatoms. The van der Waals surface area contributed by atoms with E-state index in [2.05, 4.69) is 0 Å². The van der Waals surface area contributed by atoms with Crippen LogP contribution in [-0.2, 0) is 11.2 Å². The standard InChI is InChI=1S/C21H23ClFN3OS/c22-15-1-4-19-14(11-15)12-18(17-3-2-16(23)13-20(17)28-19)26-9-7-25(8-10-26)6-5-21(24)27/h1-4,11,13,18H,5-10,12H2,(H2,24,27)/p+2/t18-/m0/s1. The van der Waals surface area contributed by atoms with Gasteiger partial charge >= 0.3 is 0 Å². The van der Waals surface area contributed by atoms with Crippen molar-refractivity contribution in [3.63, 3.8) is 0 Å². The van der Waals surface area contributed by atoms with E-state index in [1.165, 1.54) is 20.9 Å². The number of piperazine rings is 1. The number of nitrogens with one attached hydrogen (secondary N) is 2. The van der Waals surface area contributed by atoms with E-state index in [1.807, 2.05) is 24.3 Å². The number of fused-ring (bicyclic) bond motifs is 2. The van der Waals surface area contributed by atoms with Crippen molar-refractivity contribution < 1.29 is 19.0 Å². The number of carbonyl (C=O) groups excluding carboxylic acids is 1. The molecule has 2 aromatic rings. The fourth-order valence-corrected chi connectivity index (χ4v) is 5.67. The summed E-state index contributed by atoms with van der Waals surface area (Å²) in [5.74, 6) is -0.425. The van der Waals surface area contributed by atoms with E-state index in [-0.39, 0.29) is 17.8 Å². The summed E-state index contributed by atoms with van der Waals surface area (Å²) in [6.07, 6.45) is 1.34. The van der Waals surface area contributed by atoms with Gasteiger partial charge in [0.05, 0.1) is 13.0 Å². The van der Waals surface area contributed by atoms with Gasteiger partial charge in [-0.1, -0.05) is 23.4 Å². The predicted molar refractivity (Wildman–Crippen MR) is 108 cm³/mol. The third kappa shape index (κ3) is 4.35. The number of rotatable bonds is 4. The number of hydrogen-bond acceptors (Lipinski definition) is 2. The van der Waals surface area contributed by atoms with Gasteiger partial charge in [-0.05, 0) is 42.0 Å². The van der Waals surface area contributed by atoms with Crippen LogP contribution in [0, 0.1) is 5.82 Å². The van der Waals surface area contributed by atoms with Crippen molar-refractivity contribution in [2.75, 3.05) is 32.7 Å². The molecule has 1 saturated heterocycles. The van der Waals surface area contributed by atoms with Gasteiger partial charge in [0.2, 0.25) is 5.91 Å². The normalized spacial score (nSPS) is 24.1. The van der Waals surface area contributed by atoms with Crippen LogP contribution in [0.15, 0.2) is 46.2 Å². The SMILES string of the molecule is NC(=O)CC[NH+]1CC[NH+]([C@H]2Cc3cc(Cl)ccc3Sc3cc(F)ccc32)CC1. The highest BCUT2D eigenvalue weighted by atomic mass is 35.5. The molecule has 4 rings (SSSR count). The van der Waals surface area contributed by atoms with Gasteiger partial charge in [-0.2, -0.15) is 0 Å². The first-order valence-corrected chi connectivity index (χ1v) is 10.9. The summed E-state index contributed by atoms with van der Waals surface area (Å²) in [6.45, 7) is 4.89. The van der Waals surface area contributed by atoms with Crippen LogP contribution in [-0.4, -0.2) is 38.6 Å². The lowest BCUT2D eigenvalue weighted by atomic mass is 9.96. The Bertz CT molecular complexity index is 886. The molecule has 0 spiro atoms. The van der Waals surface area contributed by atoms with E-state index >= 15 is 0 Å². The van der Waals surface area contributed by atoms with E-state index in [0.717, 1.165) is 54.0 Å². The summed E-state index contributed by atoms with van der Waals surface area (Å²) in [5, 5.41) is 0.742. The molecule has 2 aromatic carbocycles. The Morgan fingerprint density at radius 2 is 1.93 bits per heavy atom. The minimum absolute atomic E-state index is 0.196. The number of benzene rings is 2. The molecular weight excluding hydrogens is 397 g/mol. The van der Waals surface area contributed by atoms with Gasteiger partial charge in [-0.15, -0.1) is 0 Å². The van der Waals surface area contributed by atoms with Crippen LogP contribution < -0.4 is 15.5 Å². The molecule has 0 aromatic heterocycles. The van der Waals surface area contributed by atoms with E-state index in [4.69, 9.17) is 17.3 Å². The van der Waals surface area contributed by atoms with Crippen LogP contribution in [0.2, 0.25) is 5.02 Å². The highest BCUT2D eigenvalue weighted by Gasteiger charge is 2.34. The van der Waals surface area contributed by atoms with Crippen LogP contribution in [0.25, 0.3) is 0 Å². The molecule has 0 bridgehead atoms. The molecule has 148 valence electrons. The minimum Gasteiger partial charge on any atom is -0.369 e. The van der Waals surface area contributed by atoms with Crippen LogP contribution in [0.5, 0.6) is 0 Å². The van der Waals surface area contributed by atoms with E-state index in [1.54, 1.807) is 23.9 Å². The Morgan fingerprint density at radius 3 is 2.68 bits per heavy atom. The Labute approximate surface area is 173 Å². The second-order valence-corrected chi connectivity index (χ2v) is 9.19. The number of primary amides is 1. The zero-order chi connectivity index (χ0) is 19.7. The topological polar surface area (TPSA) is 52.0 Å². The molecule has 1 fully saturated rings. The Morgan fingerprint density at radius 1 is 1.14 bits per heavy atom. The number of nitrogens with two attached hydrogens (primary N) is 1. The van der Waals surface area contributed by atoms with Crippen LogP contribution in [0.1, 0.15) is 23.6 Å². The number of amides is 1. The van der Waals surface area contributed by atoms with Crippen molar-refractivity contribution >= 4 is 29.3 Å². The maximum absolute atomic E-state index is 14.0. The first-order chi connectivity index (χ1) is 13.5. The fourth-order valence-electron chi connectivity index (χ4n) is 4.33. The molecule has 4 N–H and O–H groups in total. The summed E-state index contributed by atoms with van der Waals surface area (Å²) in [7, 11) is 0. The van der Waals surface area contributed by atoms with Crippen molar-refractivity contribution in [2.45, 2.75) is 28.7 Å². The average Bonchev–Trinajstić information content (AvgIpc) is 2.82. The van der Waals surface area contributed by atoms with Crippen molar-refractivity contribution in [1.29, 1.82) is 0 Å². The molecule has 2 aliphatic heterocycles. The lowest BCUT2D eigenvalue weighted by Gasteiger charge is -2.35. The summed E-state index contributed by atoms with van der Waals surface area (Å²) in [5.41, 5.74) is 7.74. The Kier molecular flexibility index (Phi) is 5.92. The molecule has 0 radical (unpaired) electrons. The second-order valence-electron chi connectivity index (χ2n) is 7.67. The second kappa shape index (κ2) is 8.41. The molecule has 0 saturated carbocycles. The largest absolute Gasteiger partial charge is 0.369 e. The molecule has 1 amide bonds. The molecular formula is C21H25ClFN3OS+2. The van der Waals surface area contributed by atoms with E-state index < -0.39 is 0 Å². The van der Waals surface area contributed by atoms with Crippen molar-refractivity contribution in [3.05, 3.63) is 58.4 Å². The van der Waals surface area contributed by atoms with Crippen molar-refractivity contribution in [1.82, 2.24) is 0 Å². The van der Waals surface area contributed by atoms with Crippen LogP contribution in [0.3, 0.4) is 0 Å². The summed E-state index contributed by atoms with van der Waals surface area (Å²) < 4.78 is 14.0. The number of quaternary nitrogens is 2. The average molecular weight is 422 g/mol. The number of hydrogen-bond donors (Lipinski definition) is 3. The van der Waals surface area contributed by atoms with Crippen LogP contribution >= 0.6 is 23.4 Å². The van der Waals surface area contributed by atoms with E-state index in [0.29, 0.717) is 6.42 Å². The first-order valence-electron chi connectivity index (χ1n) is 9.72. The quantitative estimate of drug-likeness (QED) is 0.686. The smallest absolute Gasteiger partial charge is 0.223 e. The fraction of sp³-hybridized carbons (Fsp3) is 0.381. The van der Waals surface area contributed by atoms with Gasteiger partial charge in [-0.25, -0.2) is 4.39 Å². The van der Waals surface area contributed by atoms with Crippen LogP contribution in [0.4, 0.5) is 4.39 Å². The van der Waals surface area contributed by atoms with Gasteiger partial charge < -0.3 is 15.5 Å². The minimum atomic E-state index is -0.229. The molecule has 2 aliphatic rings. The number of carbonyl (C=O) groups is 1. The third-order valence-corrected chi connectivity index (χ3v) is 7.26. The maximum atomic E-state index is 14.0. The van der Waals surface area contributed by atoms with Gasteiger partial charge in [0.1, 0.15) is 38.0 Å². The highest BCUT2D eigenvalue weighted by Crippen LogP contribution is 2.41.